The van der Waals surface area contributed by atoms with Crippen molar-refractivity contribution in [3.05, 3.63) is 0 Å². The molecule has 0 spiro atoms. The largest absolute Gasteiger partial charge is 0.481 e. The number of nitrogens with zero attached hydrogens (tertiary/aromatic N) is 5. The molecule has 26 heteroatoms. The number of nitrogens with one attached hydrogen (secondary N) is 3. The molecule has 0 aromatic rings. The molecule has 14 aliphatic rings. The van der Waals surface area contributed by atoms with Gasteiger partial charge in [-0.25, -0.2) is 9.59 Å². The van der Waals surface area contributed by atoms with E-state index in [1.165, 1.54) is 12.8 Å². The number of carbonyl (C=O) groups excluding carboxylic acids is 5. The van der Waals surface area contributed by atoms with Gasteiger partial charge in [-0.2, -0.15) is 0 Å². The number of alkyl halides is 1. The van der Waals surface area contributed by atoms with E-state index in [2.05, 4.69) is 57.5 Å². The van der Waals surface area contributed by atoms with E-state index < -0.39 is 24.3 Å². The van der Waals surface area contributed by atoms with E-state index in [-0.39, 0.29) is 110 Å². The van der Waals surface area contributed by atoms with Crippen molar-refractivity contribution in [3.8, 4) is 0 Å². The molecule has 14 rings (SSSR count). The zero-order chi connectivity index (χ0) is 62.5. The first kappa shape index (κ1) is 67.4. The number of rotatable bonds is 10. The molecule has 0 aromatic carbocycles. The van der Waals surface area contributed by atoms with Gasteiger partial charge in [-0.3, -0.25) is 14.4 Å². The molecule has 0 aromatic heterocycles. The van der Waals surface area contributed by atoms with Crippen molar-refractivity contribution in [2.45, 2.75) is 237 Å². The molecule has 22 nitrogen and oxygen atoms in total. The minimum atomic E-state index is -1.42. The molecule has 4 bridgehead atoms. The topological polar surface area (TPSA) is 260 Å². The van der Waals surface area contributed by atoms with Gasteiger partial charge in [0, 0.05) is 70.5 Å². The summed E-state index contributed by atoms with van der Waals surface area (Å²) in [5, 5.41) is 28.2. The van der Waals surface area contributed by atoms with Crippen LogP contribution in [0, 0.1) is 34.5 Å². The van der Waals surface area contributed by atoms with Gasteiger partial charge in [-0.15, -0.1) is 11.6 Å². The summed E-state index contributed by atoms with van der Waals surface area (Å²) < 4.78 is 36.6. The monoisotopic (exact) mass is 1230 g/mol. The van der Waals surface area contributed by atoms with Crippen LogP contribution < -0.4 is 21.7 Å². The second-order valence-electron chi connectivity index (χ2n) is 30.5. The van der Waals surface area contributed by atoms with Gasteiger partial charge in [-0.1, -0.05) is 27.7 Å². The Morgan fingerprint density at radius 3 is 1.55 bits per heavy atom. The summed E-state index contributed by atoms with van der Waals surface area (Å²) in [6.07, 6.45) is 12.6. The summed E-state index contributed by atoms with van der Waals surface area (Å²) in [6.45, 7) is 32.3. The van der Waals surface area contributed by atoms with Crippen molar-refractivity contribution in [3.63, 3.8) is 0 Å². The van der Waals surface area contributed by atoms with Gasteiger partial charge in [0.2, 0.25) is 17.7 Å². The molecular weight excluding hydrogens is 1120 g/mol. The van der Waals surface area contributed by atoms with Crippen LogP contribution in [-0.4, -0.2) is 234 Å². The van der Waals surface area contributed by atoms with E-state index >= 15 is 0 Å². The van der Waals surface area contributed by atoms with Crippen LogP contribution in [0.1, 0.15) is 167 Å². The first-order valence-electron chi connectivity index (χ1n) is 32.7. The quantitative estimate of drug-likeness (QED) is 0.132. The molecule has 6 aliphatic carbocycles. The van der Waals surface area contributed by atoms with Gasteiger partial charge in [0.15, 0.2) is 0 Å². The van der Waals surface area contributed by atoms with E-state index in [1.807, 2.05) is 51.3 Å². The Kier molecular flexibility index (Phi) is 20.9. The third-order valence-corrected chi connectivity index (χ3v) is 22.0. The second-order valence-corrected chi connectivity index (χ2v) is 30.7. The molecule has 0 radical (unpaired) electrons. The summed E-state index contributed by atoms with van der Waals surface area (Å²) in [6, 6.07) is 0.582. The lowest BCUT2D eigenvalue weighted by Gasteiger charge is -2.64. The average molecular weight is 1230 g/mol. The lowest BCUT2D eigenvalue weighted by Crippen LogP contribution is -2.65. The van der Waals surface area contributed by atoms with Gasteiger partial charge in [0.25, 0.3) is 0 Å². The van der Waals surface area contributed by atoms with Gasteiger partial charge in [0.05, 0.1) is 54.3 Å². The van der Waals surface area contributed by atoms with Crippen molar-refractivity contribution in [2.75, 3.05) is 77.9 Å². The minimum Gasteiger partial charge on any atom is -0.444 e. The molecule has 0 unspecified atom stereocenters. The lowest BCUT2D eigenvalue weighted by molar-refractivity contribution is -0.199. The third kappa shape index (κ3) is 14.7. The van der Waals surface area contributed by atoms with E-state index in [0.717, 1.165) is 109 Å². The van der Waals surface area contributed by atoms with Crippen LogP contribution >= 0.6 is 11.6 Å². The Bertz CT molecular complexity index is 2400. The highest BCUT2D eigenvalue weighted by Crippen LogP contribution is 2.67. The molecule has 5 amide bonds. The van der Waals surface area contributed by atoms with E-state index in [0.29, 0.717) is 61.3 Å². The van der Waals surface area contributed by atoms with E-state index in [1.54, 1.807) is 14.7 Å². The molecule has 7 N–H and O–H groups in total. The summed E-state index contributed by atoms with van der Waals surface area (Å²) >= 11 is 5.75. The number of likely N-dealkylation sites (tertiary alicyclic amines) is 5. The number of amides is 5. The standard InChI is InChI=1S/C25H42BN3O5.C16H25BClNO3.C10H20BN3O3.C9H18N2O2/c1-23(2,3)32-22(31)28-11-9-17(15-28)27-14-21(30)29-10-7-8-20(29)26-33-19-13-16-12-18(24(16,4)5)25(19,6)34-26;1-15(2)10-7-11(15)16(3)12(8-10)21-17(22-16)13-5-4-6-19(13)14(20)9-18;15-10(7-13-8-3-4-12-6-8)14-5-1-2-9(14)11(16)17;1-9(2,3)13-8(12)11-5-4-7(10)6-11/h16-20,27H,7-15H2,1-6H3;10-13H,4-9H2,1-3H3;8-9,12-13,16-17H,1-7H2;7H,4-6,10H2,1-3H3/t16-,17+,18-,19+,20-,25-;10-,11-,12+,13-,16-;8-,9+;7-/m0011/s1. The first-order chi connectivity index (χ1) is 40.3. The van der Waals surface area contributed by atoms with Crippen LogP contribution in [0.4, 0.5) is 9.59 Å². The zero-order valence-electron chi connectivity index (χ0n) is 53.9. The molecule has 6 saturated carbocycles. The average Bonchev–Trinajstić information content (AvgIpc) is 1.40. The number of ether oxygens (including phenoxy) is 2. The van der Waals surface area contributed by atoms with E-state index in [4.69, 9.17) is 45.4 Å². The fraction of sp³-hybridized carbons (Fsp3) is 0.917. The number of hydrogen-bond acceptors (Lipinski definition) is 17. The lowest BCUT2D eigenvalue weighted by atomic mass is 9.43. The summed E-state index contributed by atoms with van der Waals surface area (Å²) in [5.41, 5.74) is 4.99. The maximum Gasteiger partial charge on any atom is 0.481 e. The van der Waals surface area contributed by atoms with Crippen molar-refractivity contribution in [1.29, 1.82) is 0 Å². The van der Waals surface area contributed by atoms with Crippen LogP contribution in [0.3, 0.4) is 0 Å². The van der Waals surface area contributed by atoms with Gasteiger partial charge in [0.1, 0.15) is 17.1 Å². The smallest absolute Gasteiger partial charge is 0.444 e. The first-order valence-corrected chi connectivity index (χ1v) is 33.2. The highest BCUT2D eigenvalue weighted by molar-refractivity contribution is 6.48. The van der Waals surface area contributed by atoms with Crippen LogP contribution in [0.5, 0.6) is 0 Å². The van der Waals surface area contributed by atoms with Crippen molar-refractivity contribution in [1.82, 2.24) is 40.4 Å². The van der Waals surface area contributed by atoms with Crippen LogP contribution in [0.15, 0.2) is 0 Å². The summed E-state index contributed by atoms with van der Waals surface area (Å²) in [4.78, 5) is 69.7. The molecule has 484 valence electrons. The number of hydrogen-bond donors (Lipinski definition) is 6. The molecule has 8 heterocycles. The van der Waals surface area contributed by atoms with Gasteiger partial charge >= 0.3 is 33.5 Å². The molecular formula is C60H105B3ClN9O13. The highest BCUT2D eigenvalue weighted by Gasteiger charge is 2.70. The molecule has 8 aliphatic heterocycles. The predicted octanol–water partition coefficient (Wildman–Crippen LogP) is 4.22. The minimum absolute atomic E-state index is 0.000944. The number of halogens is 1. The van der Waals surface area contributed by atoms with E-state index in [9.17, 15) is 34.0 Å². The molecule has 14 fully saturated rings. The Morgan fingerprint density at radius 2 is 1.09 bits per heavy atom. The van der Waals surface area contributed by atoms with Crippen LogP contribution in [-0.2, 0) is 42.5 Å². The van der Waals surface area contributed by atoms with Crippen molar-refractivity contribution < 1.29 is 62.1 Å². The Balaban J connectivity index is 0.000000147. The SMILES string of the molecule is CC(C)(C)OC(=O)N1CC[C@@H](N)C1.CC(C)(C)OC(=O)N1CC[C@@H](NCC(=O)N2CCC[C@H]2B2O[C@@H]3C[C@@H]4C[C@@H](C4(C)C)[C@]3(C)O2)C1.CC1(C)[C@@H]2C[C@H]3OB([C@@H]4CCCN4C(=O)CCl)O[C@@]3(C)[C@H]1C2.O=C(CN[C@@H]1CCNC1)N1CCC[C@H]1B(O)O. The molecule has 86 heavy (non-hydrogen) atoms. The maximum atomic E-state index is 13.2. The Labute approximate surface area is 518 Å². The summed E-state index contributed by atoms with van der Waals surface area (Å²) in [5.74, 6) is 2.25. The van der Waals surface area contributed by atoms with Crippen LogP contribution in [0.25, 0.3) is 0 Å². The molecule has 8 saturated heterocycles. The van der Waals surface area contributed by atoms with Crippen molar-refractivity contribution in [2.24, 2.45) is 40.2 Å². The fourth-order valence-electron chi connectivity index (χ4n) is 16.6. The van der Waals surface area contributed by atoms with Crippen molar-refractivity contribution >= 4 is 62.9 Å². The fourth-order valence-corrected chi connectivity index (χ4v) is 16.7. The summed E-state index contributed by atoms with van der Waals surface area (Å²) in [7, 11) is -2.03. The van der Waals surface area contributed by atoms with Crippen LogP contribution in [0.2, 0.25) is 0 Å². The zero-order valence-corrected chi connectivity index (χ0v) is 54.7. The maximum absolute atomic E-state index is 13.2. The van der Waals surface area contributed by atoms with Gasteiger partial charge in [-0.05, 0) is 180 Å². The normalized spacial score (nSPS) is 36.2. The third-order valence-electron chi connectivity index (χ3n) is 21.7. The number of nitrogens with two attached hydrogens (primary N) is 1. The Hall–Kier alpha value is -2.97. The Morgan fingerprint density at radius 1 is 0.628 bits per heavy atom. The number of carbonyl (C=O) groups is 5. The molecule has 14 atom stereocenters. The van der Waals surface area contributed by atoms with Gasteiger partial charge < -0.3 is 84.3 Å². The highest BCUT2D eigenvalue weighted by atomic mass is 35.5. The second kappa shape index (κ2) is 26.7. The predicted molar refractivity (Wildman–Crippen MR) is 329 cm³/mol.